The molecular formula is C16H19N5O4. The van der Waals surface area contributed by atoms with Gasteiger partial charge in [0.05, 0.1) is 12.3 Å². The highest BCUT2D eigenvalue weighted by molar-refractivity contribution is 5.66. The normalized spacial score (nSPS) is 33.4. The van der Waals surface area contributed by atoms with Gasteiger partial charge < -0.3 is 24.7 Å². The smallest absolute Gasteiger partial charge is 0.226 e. The average molecular weight is 345 g/mol. The molecule has 2 N–H and O–H groups in total. The number of nitrogens with two attached hydrogens (primary N) is 1. The molecule has 25 heavy (non-hydrogen) atoms. The van der Waals surface area contributed by atoms with E-state index in [1.165, 1.54) is 6.33 Å². The van der Waals surface area contributed by atoms with Crippen molar-refractivity contribution in [3.05, 3.63) is 24.2 Å². The van der Waals surface area contributed by atoms with Crippen molar-refractivity contribution in [3.63, 3.8) is 0 Å². The van der Waals surface area contributed by atoms with E-state index in [1.807, 2.05) is 13.8 Å². The molecule has 1 unspecified atom stereocenters. The zero-order valence-corrected chi connectivity index (χ0v) is 14.2. The van der Waals surface area contributed by atoms with Crippen LogP contribution in [0.15, 0.2) is 18.5 Å². The Balaban J connectivity index is 1.87. The van der Waals surface area contributed by atoms with E-state index < -0.39 is 29.7 Å². The summed E-state index contributed by atoms with van der Waals surface area (Å²) in [6, 6.07) is 5.80. The average Bonchev–Trinajstić information content (AvgIpc) is 3.20. The fraction of sp³-hybridized carbons (Fsp3) is 0.562. The van der Waals surface area contributed by atoms with E-state index in [-0.39, 0.29) is 6.61 Å². The summed E-state index contributed by atoms with van der Waals surface area (Å²) in [6.45, 7) is 3.91. The molecule has 9 heteroatoms. The molecule has 2 aromatic heterocycles. The maximum Gasteiger partial charge on any atom is 0.226 e. The molecule has 0 aromatic carbocycles. The molecule has 0 radical (unpaired) electrons. The Morgan fingerprint density at radius 3 is 2.88 bits per heavy atom. The van der Waals surface area contributed by atoms with Crippen molar-refractivity contribution in [3.8, 4) is 6.07 Å². The molecule has 0 spiro atoms. The van der Waals surface area contributed by atoms with Crippen LogP contribution in [0.1, 0.15) is 19.5 Å². The van der Waals surface area contributed by atoms with E-state index in [1.54, 1.807) is 23.8 Å². The minimum Gasteiger partial charge on any atom is -0.382 e. The molecule has 0 bridgehead atoms. The van der Waals surface area contributed by atoms with Crippen LogP contribution in [0.2, 0.25) is 0 Å². The maximum atomic E-state index is 10.1. The van der Waals surface area contributed by atoms with Crippen LogP contribution in [0.4, 0.5) is 5.82 Å². The molecule has 4 atom stereocenters. The Bertz CT molecular complexity index is 860. The van der Waals surface area contributed by atoms with Gasteiger partial charge in [0, 0.05) is 7.11 Å². The fourth-order valence-corrected chi connectivity index (χ4v) is 3.63. The largest absolute Gasteiger partial charge is 0.382 e. The molecule has 4 rings (SSSR count). The number of ether oxygens (including phenoxy) is 4. The van der Waals surface area contributed by atoms with Gasteiger partial charge in [-0.1, -0.05) is 0 Å². The fourth-order valence-electron chi connectivity index (χ4n) is 3.63. The van der Waals surface area contributed by atoms with E-state index in [0.29, 0.717) is 17.0 Å². The predicted molar refractivity (Wildman–Crippen MR) is 85.3 cm³/mol. The van der Waals surface area contributed by atoms with Gasteiger partial charge >= 0.3 is 0 Å². The zero-order chi connectivity index (χ0) is 17.8. The number of fused-ring (bicyclic) bond motifs is 2. The summed E-state index contributed by atoms with van der Waals surface area (Å²) in [5.41, 5.74) is 5.63. The molecule has 2 aliphatic rings. The van der Waals surface area contributed by atoms with Crippen LogP contribution in [0, 0.1) is 11.3 Å². The van der Waals surface area contributed by atoms with Crippen LogP contribution < -0.4 is 5.73 Å². The van der Waals surface area contributed by atoms with Gasteiger partial charge in [0.15, 0.2) is 11.6 Å². The molecule has 0 aliphatic carbocycles. The molecule has 0 amide bonds. The monoisotopic (exact) mass is 345 g/mol. The number of nitrogens with zero attached hydrogens (tertiary/aromatic N) is 4. The molecule has 0 saturated carbocycles. The van der Waals surface area contributed by atoms with E-state index in [4.69, 9.17) is 24.7 Å². The van der Waals surface area contributed by atoms with Gasteiger partial charge in [0.25, 0.3) is 0 Å². The van der Waals surface area contributed by atoms with Crippen LogP contribution in [-0.2, 0) is 24.5 Å². The Morgan fingerprint density at radius 2 is 2.16 bits per heavy atom. The third-order valence-electron chi connectivity index (χ3n) is 4.59. The minimum absolute atomic E-state index is 0.282. The van der Waals surface area contributed by atoms with Gasteiger partial charge in [-0.15, -0.1) is 0 Å². The summed E-state index contributed by atoms with van der Waals surface area (Å²) in [6.07, 6.45) is -0.159. The first-order chi connectivity index (χ1) is 11.9. The maximum absolute atomic E-state index is 10.1. The third-order valence-corrected chi connectivity index (χ3v) is 4.59. The van der Waals surface area contributed by atoms with Crippen LogP contribution in [0.3, 0.4) is 0 Å². The van der Waals surface area contributed by atoms with Gasteiger partial charge in [-0.05, 0) is 26.0 Å². The van der Waals surface area contributed by atoms with Crippen LogP contribution in [-0.4, -0.2) is 52.4 Å². The van der Waals surface area contributed by atoms with E-state index in [2.05, 4.69) is 16.2 Å². The van der Waals surface area contributed by atoms with Gasteiger partial charge in [0.1, 0.15) is 36.2 Å². The second kappa shape index (κ2) is 5.37. The summed E-state index contributed by atoms with van der Waals surface area (Å²) < 4.78 is 25.0. The van der Waals surface area contributed by atoms with Crippen molar-refractivity contribution in [1.29, 1.82) is 5.26 Å². The molecule has 2 saturated heterocycles. The number of hydrogen-bond donors (Lipinski definition) is 1. The number of rotatable bonds is 3. The van der Waals surface area contributed by atoms with Gasteiger partial charge in [-0.25, -0.2) is 9.50 Å². The summed E-state index contributed by atoms with van der Waals surface area (Å²) in [5.74, 6) is -0.505. The summed E-state index contributed by atoms with van der Waals surface area (Å²) in [4.78, 5) is 3.98. The number of methoxy groups -OCH3 is 1. The molecule has 2 fully saturated rings. The highest BCUT2D eigenvalue weighted by Crippen LogP contribution is 2.49. The van der Waals surface area contributed by atoms with Crippen molar-refractivity contribution in [2.75, 3.05) is 19.5 Å². The lowest BCUT2D eigenvalue weighted by Crippen LogP contribution is -2.40. The van der Waals surface area contributed by atoms with Crippen molar-refractivity contribution < 1.29 is 18.9 Å². The van der Waals surface area contributed by atoms with Crippen molar-refractivity contribution in [1.82, 2.24) is 14.6 Å². The number of aromatic nitrogens is 3. The zero-order valence-electron chi connectivity index (χ0n) is 14.2. The SMILES string of the molecule is COC[C@H]1OC(C#N)(c2ccc3c(N)ncnn23)[C@@H]2OC(C)(C)O[C@@H]21. The standard InChI is InChI=1S/C16H19N5O4/c1-15(2)24-12-10(6-22-3)23-16(7-17,13(12)25-15)11-5-4-9-14(18)19-8-20-21(9)11/h4-5,8,10,12-13H,6H2,1-3H3,(H2,18,19,20)/t10-,12-,13-,16?/m1/s1. The number of nitriles is 1. The second-order valence-electron chi connectivity index (χ2n) is 6.64. The van der Waals surface area contributed by atoms with Crippen molar-refractivity contribution in [2.45, 2.75) is 43.5 Å². The van der Waals surface area contributed by atoms with Crippen LogP contribution in [0.5, 0.6) is 0 Å². The van der Waals surface area contributed by atoms with Gasteiger partial charge in [-0.3, -0.25) is 0 Å². The first kappa shape index (κ1) is 16.2. The van der Waals surface area contributed by atoms with Gasteiger partial charge in [-0.2, -0.15) is 10.4 Å². The quantitative estimate of drug-likeness (QED) is 0.859. The lowest BCUT2D eigenvalue weighted by Gasteiger charge is -2.28. The molecule has 2 aliphatic heterocycles. The Kier molecular flexibility index (Phi) is 3.49. The van der Waals surface area contributed by atoms with Crippen LogP contribution in [0.25, 0.3) is 5.52 Å². The molecule has 132 valence electrons. The van der Waals surface area contributed by atoms with Crippen molar-refractivity contribution >= 4 is 11.3 Å². The number of nitrogen functional groups attached to an aromatic ring is 1. The lowest BCUT2D eigenvalue weighted by atomic mass is 9.92. The second-order valence-corrected chi connectivity index (χ2v) is 6.64. The highest BCUT2D eigenvalue weighted by atomic mass is 16.8. The van der Waals surface area contributed by atoms with E-state index in [0.717, 1.165) is 0 Å². The summed E-state index contributed by atoms with van der Waals surface area (Å²) >= 11 is 0. The third kappa shape index (κ3) is 2.22. The lowest BCUT2D eigenvalue weighted by molar-refractivity contribution is -0.205. The van der Waals surface area contributed by atoms with Crippen molar-refractivity contribution in [2.24, 2.45) is 0 Å². The topological polar surface area (TPSA) is 117 Å². The van der Waals surface area contributed by atoms with Gasteiger partial charge in [0.2, 0.25) is 5.60 Å². The van der Waals surface area contributed by atoms with E-state index >= 15 is 0 Å². The Hall–Kier alpha value is -2.25. The first-order valence-corrected chi connectivity index (χ1v) is 7.94. The highest BCUT2D eigenvalue weighted by Gasteiger charge is 2.65. The minimum atomic E-state index is -1.39. The number of hydrogen-bond acceptors (Lipinski definition) is 8. The Morgan fingerprint density at radius 1 is 1.36 bits per heavy atom. The number of anilines is 1. The van der Waals surface area contributed by atoms with Crippen LogP contribution >= 0.6 is 0 Å². The molecule has 2 aromatic rings. The summed E-state index contributed by atoms with van der Waals surface area (Å²) in [7, 11) is 1.58. The molecular weight excluding hydrogens is 326 g/mol. The van der Waals surface area contributed by atoms with E-state index in [9.17, 15) is 5.26 Å². The Labute approximate surface area is 144 Å². The predicted octanol–water partition coefficient (Wildman–Crippen LogP) is 0.596. The first-order valence-electron chi connectivity index (χ1n) is 7.94. The molecule has 4 heterocycles. The summed E-state index contributed by atoms with van der Waals surface area (Å²) in [5, 5.41) is 14.3. The molecule has 9 nitrogen and oxygen atoms in total.